The Hall–Kier alpha value is -4.31. The Morgan fingerprint density at radius 3 is 2.20 bits per heavy atom. The zero-order chi connectivity index (χ0) is 31.2. The lowest BCUT2D eigenvalue weighted by Crippen LogP contribution is -2.48. The number of nitrogens with zero attached hydrogens (tertiary/aromatic N) is 2. The highest BCUT2D eigenvalue weighted by Crippen LogP contribution is 2.64. The number of anilines is 2. The Balaban J connectivity index is 1.30. The molecular weight excluding hydrogens is 679 g/mol. The first-order valence-electron chi connectivity index (χ1n) is 15.2. The number of carbonyl (C=O) groups is 4. The SMILES string of the molecule is C[C@@]12C(=O)N(c3ccccc3)C(=O)[C@@H]1C[C@@H]1C(=CC[C@@H]3C(=O)N(c4ccc(I)cc4)C(=O)[C@@H]31)[C@@H]2c1ccc2ccccc2c1O. The van der Waals surface area contributed by atoms with Gasteiger partial charge in [-0.05, 0) is 90.1 Å². The number of rotatable bonds is 3. The molecule has 2 heterocycles. The van der Waals surface area contributed by atoms with E-state index >= 15 is 0 Å². The predicted molar refractivity (Wildman–Crippen MR) is 178 cm³/mol. The highest BCUT2D eigenvalue weighted by atomic mass is 127. The van der Waals surface area contributed by atoms with E-state index in [2.05, 4.69) is 22.6 Å². The van der Waals surface area contributed by atoms with Crippen LogP contribution in [0.1, 0.15) is 31.2 Å². The molecule has 0 aromatic heterocycles. The first kappa shape index (κ1) is 28.2. The normalized spacial score (nSPS) is 29.1. The van der Waals surface area contributed by atoms with E-state index in [9.17, 15) is 24.3 Å². The van der Waals surface area contributed by atoms with Gasteiger partial charge in [0.05, 0.1) is 34.5 Å². The van der Waals surface area contributed by atoms with Gasteiger partial charge in [-0.1, -0.05) is 66.2 Å². The maximum atomic E-state index is 14.6. The van der Waals surface area contributed by atoms with Gasteiger partial charge in [0.25, 0.3) is 0 Å². The highest BCUT2D eigenvalue weighted by Gasteiger charge is 2.68. The first-order chi connectivity index (χ1) is 21.7. The molecule has 4 aromatic carbocycles. The van der Waals surface area contributed by atoms with E-state index in [1.165, 1.54) is 9.80 Å². The third kappa shape index (κ3) is 3.87. The summed E-state index contributed by atoms with van der Waals surface area (Å²) in [6.07, 6.45) is 2.62. The van der Waals surface area contributed by atoms with E-state index in [4.69, 9.17) is 0 Å². The Morgan fingerprint density at radius 1 is 0.756 bits per heavy atom. The minimum atomic E-state index is -1.22. The van der Waals surface area contributed by atoms with Crippen molar-refractivity contribution in [2.24, 2.45) is 29.1 Å². The fraction of sp³-hybridized carbons (Fsp3) is 0.243. The van der Waals surface area contributed by atoms with Crippen LogP contribution in [0.4, 0.5) is 11.4 Å². The van der Waals surface area contributed by atoms with Crippen LogP contribution in [0.15, 0.2) is 103 Å². The summed E-state index contributed by atoms with van der Waals surface area (Å²) in [6, 6.07) is 27.5. The van der Waals surface area contributed by atoms with E-state index < -0.39 is 35.0 Å². The molecule has 2 aliphatic heterocycles. The van der Waals surface area contributed by atoms with Gasteiger partial charge in [-0.15, -0.1) is 0 Å². The van der Waals surface area contributed by atoms with Gasteiger partial charge >= 0.3 is 0 Å². The molecule has 7 nitrogen and oxygen atoms in total. The van der Waals surface area contributed by atoms with Gasteiger partial charge in [0, 0.05) is 20.4 Å². The Kier molecular flexibility index (Phi) is 6.33. The fourth-order valence-corrected chi connectivity index (χ4v) is 8.89. The van der Waals surface area contributed by atoms with Gasteiger partial charge in [-0.2, -0.15) is 0 Å². The molecule has 0 radical (unpaired) electrons. The second kappa shape index (κ2) is 10.1. The zero-order valence-corrected chi connectivity index (χ0v) is 26.5. The average Bonchev–Trinajstić information content (AvgIpc) is 3.42. The first-order valence-corrected chi connectivity index (χ1v) is 16.3. The maximum Gasteiger partial charge on any atom is 0.241 e. The quantitative estimate of drug-likeness (QED) is 0.147. The molecule has 2 aliphatic carbocycles. The van der Waals surface area contributed by atoms with Gasteiger partial charge in [-0.25, -0.2) is 4.90 Å². The summed E-state index contributed by atoms with van der Waals surface area (Å²) in [7, 11) is 0. The number of phenolic OH excluding ortho intramolecular Hbond substituents is 1. The smallest absolute Gasteiger partial charge is 0.241 e. The maximum absolute atomic E-state index is 14.6. The van der Waals surface area contributed by atoms with Crippen molar-refractivity contribution in [2.75, 3.05) is 9.80 Å². The molecule has 0 unspecified atom stereocenters. The Labute approximate surface area is 273 Å². The molecule has 4 aromatic rings. The molecule has 3 fully saturated rings. The number of benzene rings is 4. The van der Waals surface area contributed by atoms with Crippen LogP contribution in [0.2, 0.25) is 0 Å². The molecule has 8 rings (SSSR count). The van der Waals surface area contributed by atoms with Gasteiger partial charge < -0.3 is 5.11 Å². The van der Waals surface area contributed by atoms with E-state index in [1.54, 1.807) is 36.4 Å². The number of phenols is 1. The highest BCUT2D eigenvalue weighted by molar-refractivity contribution is 14.1. The molecule has 1 N–H and O–H groups in total. The van der Waals surface area contributed by atoms with Crippen LogP contribution in [-0.2, 0) is 19.2 Å². The van der Waals surface area contributed by atoms with Crippen LogP contribution in [0.3, 0.4) is 0 Å². The molecular formula is C37H29IN2O5. The van der Waals surface area contributed by atoms with Crippen molar-refractivity contribution < 1.29 is 24.3 Å². The molecule has 1 saturated carbocycles. The number of amides is 4. The number of carbonyl (C=O) groups excluding carboxylic acids is 4. The summed E-state index contributed by atoms with van der Waals surface area (Å²) in [4.78, 5) is 59.5. The molecule has 6 atom stereocenters. The number of imide groups is 2. The molecule has 0 bridgehead atoms. The summed E-state index contributed by atoms with van der Waals surface area (Å²) < 4.78 is 0.994. The van der Waals surface area contributed by atoms with Crippen molar-refractivity contribution in [1.82, 2.24) is 0 Å². The Bertz CT molecular complexity index is 1970. The van der Waals surface area contributed by atoms with Crippen molar-refractivity contribution in [3.63, 3.8) is 0 Å². The van der Waals surface area contributed by atoms with Crippen molar-refractivity contribution in [1.29, 1.82) is 0 Å². The van der Waals surface area contributed by atoms with Crippen molar-refractivity contribution >= 4 is 68.4 Å². The molecule has 4 aliphatic rings. The lowest BCUT2D eigenvalue weighted by Gasteiger charge is -2.49. The van der Waals surface area contributed by atoms with Crippen molar-refractivity contribution in [3.8, 4) is 5.75 Å². The topological polar surface area (TPSA) is 95.0 Å². The number of aromatic hydroxyl groups is 1. The lowest BCUT2D eigenvalue weighted by molar-refractivity contribution is -0.131. The predicted octanol–water partition coefficient (Wildman–Crippen LogP) is 6.59. The second-order valence-corrected chi connectivity index (χ2v) is 14.0. The molecule has 4 amide bonds. The third-order valence-electron chi connectivity index (χ3n) is 10.6. The minimum absolute atomic E-state index is 0.0644. The van der Waals surface area contributed by atoms with Crippen LogP contribution in [0, 0.1) is 32.7 Å². The monoisotopic (exact) mass is 708 g/mol. The largest absolute Gasteiger partial charge is 0.507 e. The summed E-state index contributed by atoms with van der Waals surface area (Å²) in [5, 5.41) is 13.3. The summed E-state index contributed by atoms with van der Waals surface area (Å²) in [6.45, 7) is 1.84. The number of fused-ring (bicyclic) bond motifs is 5. The minimum Gasteiger partial charge on any atom is -0.507 e. The fourth-order valence-electron chi connectivity index (χ4n) is 8.53. The Morgan fingerprint density at radius 2 is 1.44 bits per heavy atom. The average molecular weight is 709 g/mol. The van der Waals surface area contributed by atoms with Gasteiger partial charge in [-0.3, -0.25) is 24.1 Å². The number of hydrogen-bond acceptors (Lipinski definition) is 5. The van der Waals surface area contributed by atoms with Crippen LogP contribution >= 0.6 is 22.6 Å². The number of para-hydroxylation sites is 1. The van der Waals surface area contributed by atoms with E-state index in [0.29, 0.717) is 28.7 Å². The summed E-state index contributed by atoms with van der Waals surface area (Å²) in [5.74, 6) is -4.18. The van der Waals surface area contributed by atoms with Gasteiger partial charge in [0.15, 0.2) is 0 Å². The number of allylic oxidation sites excluding steroid dienone is 2. The number of hydrogen-bond donors (Lipinski definition) is 1. The molecule has 45 heavy (non-hydrogen) atoms. The van der Waals surface area contributed by atoms with Crippen LogP contribution < -0.4 is 9.80 Å². The molecule has 8 heteroatoms. The molecule has 0 spiro atoms. The molecule has 2 saturated heterocycles. The zero-order valence-electron chi connectivity index (χ0n) is 24.4. The second-order valence-electron chi connectivity index (χ2n) is 12.7. The number of halogens is 1. The standard InChI is InChI=1S/C37H29IN2O5/c1-37-29(34(43)40(36(37)45)22-8-3-2-4-9-22)19-28-25(31(37)27-16-11-20-7-5-6-10-24(20)32(27)41)17-18-26-30(28)35(44)39(33(26)42)23-14-12-21(38)13-15-23/h2-17,26,28-31,41H,18-19H2,1H3/t26-,28+,29-,30-,31+,37+/m0/s1. The van der Waals surface area contributed by atoms with E-state index in [1.807, 2.05) is 67.6 Å². The van der Waals surface area contributed by atoms with Gasteiger partial charge in [0.1, 0.15) is 5.75 Å². The van der Waals surface area contributed by atoms with Crippen molar-refractivity contribution in [3.05, 3.63) is 112 Å². The van der Waals surface area contributed by atoms with Gasteiger partial charge in [0.2, 0.25) is 23.6 Å². The van der Waals surface area contributed by atoms with Crippen molar-refractivity contribution in [2.45, 2.75) is 25.7 Å². The van der Waals surface area contributed by atoms with E-state index in [0.717, 1.165) is 14.5 Å². The summed E-state index contributed by atoms with van der Waals surface area (Å²) in [5.41, 5.74) is 1.22. The summed E-state index contributed by atoms with van der Waals surface area (Å²) >= 11 is 2.19. The van der Waals surface area contributed by atoms with E-state index in [-0.39, 0.29) is 35.8 Å². The third-order valence-corrected chi connectivity index (χ3v) is 11.3. The van der Waals surface area contributed by atoms with Crippen LogP contribution in [0.25, 0.3) is 10.8 Å². The van der Waals surface area contributed by atoms with Crippen LogP contribution in [0.5, 0.6) is 5.75 Å². The van der Waals surface area contributed by atoms with Crippen LogP contribution in [-0.4, -0.2) is 28.7 Å². The lowest BCUT2D eigenvalue weighted by atomic mass is 9.51. The molecule has 224 valence electrons.